The van der Waals surface area contributed by atoms with Crippen molar-refractivity contribution >= 4 is 28.9 Å². The second kappa shape index (κ2) is 8.08. The minimum absolute atomic E-state index is 0.271. The third-order valence-corrected chi connectivity index (χ3v) is 5.21. The van der Waals surface area contributed by atoms with Crippen LogP contribution < -0.4 is 4.90 Å². The molecule has 1 aliphatic heterocycles. The number of rotatable bonds is 2. The number of nitriles is 1. The molecule has 1 amide bonds. The van der Waals surface area contributed by atoms with Crippen molar-refractivity contribution in [3.05, 3.63) is 47.4 Å². The molecule has 0 spiro atoms. The molecule has 4 rings (SSSR count). The second-order valence-electron chi connectivity index (χ2n) is 8.38. The van der Waals surface area contributed by atoms with Gasteiger partial charge in [0.2, 0.25) is 0 Å². The number of hydrogen-bond acceptors (Lipinski definition) is 6. The van der Waals surface area contributed by atoms with Crippen molar-refractivity contribution in [3.63, 3.8) is 0 Å². The maximum atomic E-state index is 12.3. The van der Waals surface area contributed by atoms with E-state index in [4.69, 9.17) is 16.3 Å². The van der Waals surface area contributed by atoms with Crippen molar-refractivity contribution in [2.75, 3.05) is 31.1 Å². The Balaban J connectivity index is 1.50. The highest BCUT2D eigenvalue weighted by Gasteiger charge is 2.26. The van der Waals surface area contributed by atoms with E-state index < -0.39 is 5.60 Å². The molecule has 1 aromatic carbocycles. The molecule has 0 aliphatic carbocycles. The van der Waals surface area contributed by atoms with Gasteiger partial charge in [-0.25, -0.2) is 14.3 Å². The van der Waals surface area contributed by atoms with Crippen LogP contribution in [0.4, 0.5) is 10.5 Å². The Labute approximate surface area is 185 Å². The maximum absolute atomic E-state index is 12.3. The van der Waals surface area contributed by atoms with E-state index in [0.717, 1.165) is 24.3 Å². The summed E-state index contributed by atoms with van der Waals surface area (Å²) in [7, 11) is 0. The number of halogens is 1. The van der Waals surface area contributed by atoms with Gasteiger partial charge < -0.3 is 14.5 Å². The summed E-state index contributed by atoms with van der Waals surface area (Å²) in [6, 6.07) is 10.1. The van der Waals surface area contributed by atoms with Crippen LogP contribution in [0.2, 0.25) is 5.15 Å². The molecule has 160 valence electrons. The molecule has 0 unspecified atom stereocenters. The molecule has 1 fully saturated rings. The van der Waals surface area contributed by atoms with E-state index in [1.807, 2.05) is 45.0 Å². The Morgan fingerprint density at radius 2 is 1.84 bits per heavy atom. The van der Waals surface area contributed by atoms with E-state index in [1.165, 1.54) is 6.20 Å². The average Bonchev–Trinajstić information content (AvgIpc) is 3.15. The summed E-state index contributed by atoms with van der Waals surface area (Å²) in [4.78, 5) is 20.7. The fourth-order valence-corrected chi connectivity index (χ4v) is 3.75. The molecule has 1 saturated heterocycles. The molecular weight excluding hydrogens is 416 g/mol. The van der Waals surface area contributed by atoms with Gasteiger partial charge in [-0.2, -0.15) is 10.4 Å². The van der Waals surface area contributed by atoms with Crippen LogP contribution in [0.5, 0.6) is 0 Å². The lowest BCUT2D eigenvalue weighted by Gasteiger charge is -2.36. The topological polar surface area (TPSA) is 86.8 Å². The Morgan fingerprint density at radius 1 is 1.16 bits per heavy atom. The lowest BCUT2D eigenvalue weighted by Crippen LogP contribution is -2.50. The van der Waals surface area contributed by atoms with E-state index in [9.17, 15) is 10.1 Å². The van der Waals surface area contributed by atoms with Crippen molar-refractivity contribution in [1.82, 2.24) is 19.5 Å². The first-order valence-corrected chi connectivity index (χ1v) is 10.4. The van der Waals surface area contributed by atoms with Crippen molar-refractivity contribution in [2.45, 2.75) is 26.4 Å². The average molecular weight is 439 g/mol. The summed E-state index contributed by atoms with van der Waals surface area (Å²) in [5, 5.41) is 13.9. The highest BCUT2D eigenvalue weighted by molar-refractivity contribution is 6.29. The van der Waals surface area contributed by atoms with Gasteiger partial charge in [-0.1, -0.05) is 23.7 Å². The number of hydrogen-bond donors (Lipinski definition) is 0. The number of carbonyl (C=O) groups excluding carboxylic acids is 1. The smallest absolute Gasteiger partial charge is 0.410 e. The number of nitrogens with zero attached hydrogens (tertiary/aromatic N) is 6. The van der Waals surface area contributed by atoms with E-state index in [-0.39, 0.29) is 6.09 Å². The van der Waals surface area contributed by atoms with E-state index >= 15 is 0 Å². The fourth-order valence-electron chi connectivity index (χ4n) is 3.57. The highest BCUT2D eigenvalue weighted by Crippen LogP contribution is 2.29. The third-order valence-electron chi connectivity index (χ3n) is 5.02. The van der Waals surface area contributed by atoms with Crippen LogP contribution in [0.25, 0.3) is 16.8 Å². The Morgan fingerprint density at radius 3 is 2.45 bits per heavy atom. The first-order valence-electron chi connectivity index (χ1n) is 10.0. The van der Waals surface area contributed by atoms with Gasteiger partial charge in [-0.05, 0) is 32.9 Å². The lowest BCUT2D eigenvalue weighted by molar-refractivity contribution is 0.0240. The van der Waals surface area contributed by atoms with Gasteiger partial charge in [-0.3, -0.25) is 0 Å². The van der Waals surface area contributed by atoms with Crippen LogP contribution in [-0.2, 0) is 4.74 Å². The quantitative estimate of drug-likeness (QED) is 0.601. The predicted octanol–water partition coefficient (Wildman–Crippen LogP) is 3.98. The van der Waals surface area contributed by atoms with Gasteiger partial charge in [0, 0.05) is 37.4 Å². The third kappa shape index (κ3) is 4.42. The lowest BCUT2D eigenvalue weighted by atomic mass is 10.1. The predicted molar refractivity (Wildman–Crippen MR) is 118 cm³/mol. The fraction of sp³-hybridized carbons (Fsp3) is 0.364. The second-order valence-corrected chi connectivity index (χ2v) is 8.76. The number of aromatic nitrogens is 3. The molecule has 3 aromatic rings. The normalized spacial score (nSPS) is 14.5. The van der Waals surface area contributed by atoms with Gasteiger partial charge in [-0.15, -0.1) is 0 Å². The summed E-state index contributed by atoms with van der Waals surface area (Å²) < 4.78 is 7.04. The van der Waals surface area contributed by atoms with Gasteiger partial charge in [0.15, 0.2) is 0 Å². The SMILES string of the molecule is CC(C)(C)OC(=O)N1CCN(c2ccc(-c3nc(Cl)cn4ncc(C#N)c34)cc2)CC1. The summed E-state index contributed by atoms with van der Waals surface area (Å²) in [5.41, 5.74) is 3.10. The Hall–Kier alpha value is -3.31. The van der Waals surface area contributed by atoms with Crippen molar-refractivity contribution in [2.24, 2.45) is 0 Å². The minimum Gasteiger partial charge on any atom is -0.444 e. The van der Waals surface area contributed by atoms with Gasteiger partial charge in [0.05, 0.1) is 18.1 Å². The summed E-state index contributed by atoms with van der Waals surface area (Å²) in [6.07, 6.45) is 2.82. The molecule has 0 saturated carbocycles. The molecule has 0 radical (unpaired) electrons. The van der Waals surface area contributed by atoms with Crippen LogP contribution in [0, 0.1) is 11.3 Å². The molecule has 9 heteroatoms. The number of ether oxygens (including phenoxy) is 1. The summed E-state index contributed by atoms with van der Waals surface area (Å²) in [6.45, 7) is 8.26. The van der Waals surface area contributed by atoms with Gasteiger partial charge in [0.1, 0.15) is 27.9 Å². The molecule has 31 heavy (non-hydrogen) atoms. The molecule has 8 nitrogen and oxygen atoms in total. The number of carbonyl (C=O) groups is 1. The van der Waals surface area contributed by atoms with Crippen LogP contribution in [0.3, 0.4) is 0 Å². The first-order chi connectivity index (χ1) is 14.7. The van der Waals surface area contributed by atoms with Gasteiger partial charge in [0.25, 0.3) is 0 Å². The molecule has 0 bridgehead atoms. The van der Waals surface area contributed by atoms with Crippen molar-refractivity contribution in [3.8, 4) is 17.3 Å². The Kier molecular flexibility index (Phi) is 5.46. The molecule has 0 N–H and O–H groups in total. The van der Waals surface area contributed by atoms with E-state index in [0.29, 0.717) is 35.0 Å². The zero-order chi connectivity index (χ0) is 22.2. The largest absolute Gasteiger partial charge is 0.444 e. The molecule has 3 heterocycles. The van der Waals surface area contributed by atoms with Crippen LogP contribution in [-0.4, -0.2) is 57.4 Å². The zero-order valence-corrected chi connectivity index (χ0v) is 18.4. The number of piperazine rings is 1. The van der Waals surface area contributed by atoms with Crippen LogP contribution >= 0.6 is 11.6 Å². The number of fused-ring (bicyclic) bond motifs is 1. The molecule has 1 aliphatic rings. The highest BCUT2D eigenvalue weighted by atomic mass is 35.5. The molecule has 0 atom stereocenters. The Bertz CT molecular complexity index is 1150. The number of benzene rings is 1. The van der Waals surface area contributed by atoms with Crippen LogP contribution in [0.1, 0.15) is 26.3 Å². The van der Waals surface area contributed by atoms with E-state index in [2.05, 4.69) is 21.1 Å². The summed E-state index contributed by atoms with van der Waals surface area (Å²) in [5.74, 6) is 0. The molecular formula is C22H23ClN6O2. The standard InChI is InChI=1S/C22H23ClN6O2/c1-22(2,3)31-21(30)28-10-8-27(9-11-28)17-6-4-15(5-7-17)19-20-16(12-24)13-25-29(20)14-18(23)26-19/h4-7,13-14H,8-11H2,1-3H3. The number of amides is 1. The monoisotopic (exact) mass is 438 g/mol. The van der Waals surface area contributed by atoms with Crippen molar-refractivity contribution in [1.29, 1.82) is 5.26 Å². The summed E-state index contributed by atoms with van der Waals surface area (Å²) >= 11 is 6.15. The van der Waals surface area contributed by atoms with E-state index in [1.54, 1.807) is 15.6 Å². The first kappa shape index (κ1) is 20.9. The molecule has 2 aromatic heterocycles. The number of anilines is 1. The zero-order valence-electron chi connectivity index (χ0n) is 17.7. The van der Waals surface area contributed by atoms with Gasteiger partial charge >= 0.3 is 6.09 Å². The maximum Gasteiger partial charge on any atom is 0.410 e. The van der Waals surface area contributed by atoms with Crippen molar-refractivity contribution < 1.29 is 9.53 Å². The van der Waals surface area contributed by atoms with Crippen LogP contribution in [0.15, 0.2) is 36.7 Å². The minimum atomic E-state index is -0.495.